The summed E-state index contributed by atoms with van der Waals surface area (Å²) in [6.07, 6.45) is 0.0371. The van der Waals surface area contributed by atoms with E-state index in [0.29, 0.717) is 22.8 Å². The number of nitrogens with zero attached hydrogens (tertiary/aromatic N) is 1. The molecule has 3 N–H and O–H groups in total. The fraction of sp³-hybridized carbons (Fsp3) is 0.154. The molecule has 7 nitrogen and oxygen atoms in total. The Morgan fingerprint density at radius 1 is 1.48 bits per heavy atom. The molecule has 0 aliphatic rings. The molecule has 0 atom stereocenters. The van der Waals surface area contributed by atoms with Crippen LogP contribution in [0.25, 0.3) is 22.4 Å². The van der Waals surface area contributed by atoms with Gasteiger partial charge >= 0.3 is 11.7 Å². The first-order valence-corrected chi connectivity index (χ1v) is 7.04. The second-order valence-electron chi connectivity index (χ2n) is 4.33. The van der Waals surface area contributed by atoms with Crippen LogP contribution in [0.3, 0.4) is 0 Å². The molecule has 0 saturated carbocycles. The molecular formula is C13H11N3O4S. The van der Waals surface area contributed by atoms with Gasteiger partial charge in [-0.15, -0.1) is 11.3 Å². The van der Waals surface area contributed by atoms with E-state index in [1.165, 1.54) is 11.3 Å². The number of H-pyrrole nitrogens is 1. The molecule has 2 heterocycles. The lowest BCUT2D eigenvalue weighted by Crippen LogP contribution is -2.07. The van der Waals surface area contributed by atoms with Crippen molar-refractivity contribution < 1.29 is 14.3 Å². The molecule has 21 heavy (non-hydrogen) atoms. The van der Waals surface area contributed by atoms with Crippen LogP contribution in [0, 0.1) is 0 Å². The van der Waals surface area contributed by atoms with Crippen LogP contribution >= 0.6 is 11.3 Å². The van der Waals surface area contributed by atoms with Gasteiger partial charge in [0.1, 0.15) is 0 Å². The molecule has 0 fully saturated rings. The molecular weight excluding hydrogens is 294 g/mol. The Hall–Kier alpha value is -2.61. The van der Waals surface area contributed by atoms with Crippen molar-refractivity contribution in [3.63, 3.8) is 0 Å². The summed E-state index contributed by atoms with van der Waals surface area (Å²) >= 11 is 1.39. The zero-order valence-electron chi connectivity index (χ0n) is 10.8. The number of anilines is 1. The molecule has 0 bridgehead atoms. The largest absolute Gasteiger partial charge is 0.481 e. The Labute approximate surface area is 122 Å². The van der Waals surface area contributed by atoms with Gasteiger partial charge in [-0.25, -0.2) is 9.78 Å². The van der Waals surface area contributed by atoms with Gasteiger partial charge in [0, 0.05) is 17.5 Å². The van der Waals surface area contributed by atoms with Gasteiger partial charge in [-0.2, -0.15) is 0 Å². The van der Waals surface area contributed by atoms with Gasteiger partial charge in [0.25, 0.3) is 0 Å². The van der Waals surface area contributed by atoms with E-state index < -0.39 is 11.7 Å². The molecule has 0 spiro atoms. The maximum atomic E-state index is 11.1. The number of benzene rings is 1. The summed E-state index contributed by atoms with van der Waals surface area (Å²) < 4.78 is 5.01. The monoisotopic (exact) mass is 305 g/mol. The smallest absolute Gasteiger partial charge is 0.417 e. The molecule has 3 aromatic rings. The van der Waals surface area contributed by atoms with Crippen LogP contribution in [0.15, 0.2) is 32.8 Å². The summed E-state index contributed by atoms with van der Waals surface area (Å²) in [5.74, 6) is -1.34. The summed E-state index contributed by atoms with van der Waals surface area (Å²) in [6.45, 7) is 0.327. The lowest BCUT2D eigenvalue weighted by atomic mass is 10.1. The quantitative estimate of drug-likeness (QED) is 0.666. The minimum Gasteiger partial charge on any atom is -0.481 e. The highest BCUT2D eigenvalue weighted by atomic mass is 32.1. The van der Waals surface area contributed by atoms with E-state index >= 15 is 0 Å². The van der Waals surface area contributed by atoms with E-state index in [1.54, 1.807) is 12.1 Å². The second kappa shape index (κ2) is 5.41. The second-order valence-corrected chi connectivity index (χ2v) is 5.19. The van der Waals surface area contributed by atoms with Crippen molar-refractivity contribution in [3.05, 3.63) is 34.1 Å². The van der Waals surface area contributed by atoms with Gasteiger partial charge in [0.15, 0.2) is 10.7 Å². The van der Waals surface area contributed by atoms with Gasteiger partial charge in [-0.3, -0.25) is 9.78 Å². The predicted molar refractivity (Wildman–Crippen MR) is 78.7 cm³/mol. The highest BCUT2D eigenvalue weighted by Crippen LogP contribution is 2.26. The van der Waals surface area contributed by atoms with Crippen molar-refractivity contribution in [2.24, 2.45) is 0 Å². The van der Waals surface area contributed by atoms with Crippen molar-refractivity contribution in [1.29, 1.82) is 0 Å². The van der Waals surface area contributed by atoms with Crippen molar-refractivity contribution in [2.45, 2.75) is 6.42 Å². The topological polar surface area (TPSA) is 108 Å². The molecule has 0 unspecified atom stereocenters. The number of hydrogen-bond acceptors (Lipinski definition) is 6. The first-order chi connectivity index (χ1) is 10.1. The van der Waals surface area contributed by atoms with Gasteiger partial charge in [-0.05, 0) is 12.1 Å². The Morgan fingerprint density at radius 2 is 2.33 bits per heavy atom. The standard InChI is InChI=1S/C13H11N3O4S/c17-11(18)3-4-14-12-15-9(6-21-12)7-1-2-8-10(5-7)20-13(19)16-8/h1-2,5-6H,3-4H2,(H,14,15)(H,16,19)(H,17,18). The first kappa shape index (κ1) is 13.4. The van der Waals surface area contributed by atoms with Gasteiger partial charge in [0.05, 0.1) is 17.6 Å². The zero-order valence-corrected chi connectivity index (χ0v) is 11.6. The highest BCUT2D eigenvalue weighted by Gasteiger charge is 2.08. The number of carbonyl (C=O) groups is 1. The maximum Gasteiger partial charge on any atom is 0.417 e. The third-order valence-electron chi connectivity index (χ3n) is 2.84. The van der Waals surface area contributed by atoms with E-state index in [-0.39, 0.29) is 6.42 Å². The summed E-state index contributed by atoms with van der Waals surface area (Å²) in [4.78, 5) is 28.5. The highest BCUT2D eigenvalue weighted by molar-refractivity contribution is 7.14. The van der Waals surface area contributed by atoms with Crippen molar-refractivity contribution in [1.82, 2.24) is 9.97 Å². The zero-order chi connectivity index (χ0) is 14.8. The van der Waals surface area contributed by atoms with E-state index in [0.717, 1.165) is 11.3 Å². The minimum absolute atomic E-state index is 0.0371. The minimum atomic E-state index is -0.854. The Morgan fingerprint density at radius 3 is 3.14 bits per heavy atom. The summed E-state index contributed by atoms with van der Waals surface area (Å²) in [5, 5.41) is 14.0. The van der Waals surface area contributed by atoms with Crippen molar-refractivity contribution >= 4 is 33.5 Å². The van der Waals surface area contributed by atoms with Crippen LogP contribution < -0.4 is 11.1 Å². The SMILES string of the molecule is O=C(O)CCNc1nc(-c2ccc3[nH]c(=O)oc3c2)cs1. The fourth-order valence-corrected chi connectivity index (χ4v) is 2.62. The molecule has 0 aliphatic heterocycles. The molecule has 1 aromatic carbocycles. The third-order valence-corrected chi connectivity index (χ3v) is 3.64. The molecule has 108 valence electrons. The van der Waals surface area contributed by atoms with E-state index in [2.05, 4.69) is 15.3 Å². The molecule has 0 radical (unpaired) electrons. The van der Waals surface area contributed by atoms with Crippen LogP contribution in [0.4, 0.5) is 5.13 Å². The van der Waals surface area contributed by atoms with Crippen molar-refractivity contribution in [2.75, 3.05) is 11.9 Å². The van der Waals surface area contributed by atoms with Crippen LogP contribution in [0.1, 0.15) is 6.42 Å². The fourth-order valence-electron chi connectivity index (χ4n) is 1.87. The lowest BCUT2D eigenvalue weighted by molar-refractivity contribution is -0.136. The summed E-state index contributed by atoms with van der Waals surface area (Å²) in [5.41, 5.74) is 2.68. The molecule has 0 aliphatic carbocycles. The van der Waals surface area contributed by atoms with Crippen LogP contribution in [-0.4, -0.2) is 27.6 Å². The number of thiazole rings is 1. The number of nitrogens with one attached hydrogen (secondary N) is 2. The van der Waals surface area contributed by atoms with Crippen LogP contribution in [0.2, 0.25) is 0 Å². The van der Waals surface area contributed by atoms with Crippen molar-refractivity contribution in [3.8, 4) is 11.3 Å². The van der Waals surface area contributed by atoms with Crippen LogP contribution in [-0.2, 0) is 4.79 Å². The van der Waals surface area contributed by atoms with E-state index in [9.17, 15) is 9.59 Å². The lowest BCUT2D eigenvalue weighted by Gasteiger charge is -1.99. The van der Waals surface area contributed by atoms with Crippen LogP contribution in [0.5, 0.6) is 0 Å². The third kappa shape index (κ3) is 2.95. The van der Waals surface area contributed by atoms with Gasteiger partial charge in [-0.1, -0.05) is 6.07 Å². The number of aliphatic carboxylic acids is 1. The number of carboxylic acid groups (broad SMARTS) is 1. The van der Waals surface area contributed by atoms with E-state index in [1.807, 2.05) is 11.4 Å². The average Bonchev–Trinajstić information content (AvgIpc) is 3.02. The number of carboxylic acids is 1. The Balaban J connectivity index is 1.80. The number of rotatable bonds is 5. The van der Waals surface area contributed by atoms with E-state index in [4.69, 9.17) is 9.52 Å². The molecule has 3 rings (SSSR count). The Kier molecular flexibility index (Phi) is 3.44. The number of oxazole rings is 1. The molecule has 0 amide bonds. The first-order valence-electron chi connectivity index (χ1n) is 6.16. The summed E-state index contributed by atoms with van der Waals surface area (Å²) in [6, 6.07) is 5.33. The number of fused-ring (bicyclic) bond motifs is 1. The van der Waals surface area contributed by atoms with Gasteiger partial charge in [0.2, 0.25) is 0 Å². The average molecular weight is 305 g/mol. The summed E-state index contributed by atoms with van der Waals surface area (Å²) in [7, 11) is 0. The number of aromatic nitrogens is 2. The maximum absolute atomic E-state index is 11.1. The molecule has 8 heteroatoms. The molecule has 2 aromatic heterocycles. The number of aromatic amines is 1. The normalized spacial score (nSPS) is 10.9. The van der Waals surface area contributed by atoms with Gasteiger partial charge < -0.3 is 14.8 Å². The predicted octanol–water partition coefficient (Wildman–Crippen LogP) is 2.13. The Bertz CT molecular complexity index is 848. The number of hydrogen-bond donors (Lipinski definition) is 3. The molecule has 0 saturated heterocycles.